The van der Waals surface area contributed by atoms with E-state index in [1.54, 1.807) is 26.6 Å². The average molecular weight is 400 g/mol. The lowest BCUT2D eigenvalue weighted by atomic mass is 10.1. The maximum atomic E-state index is 12.3. The first kappa shape index (κ1) is 20.7. The van der Waals surface area contributed by atoms with E-state index in [-0.39, 0.29) is 6.03 Å². The lowest BCUT2D eigenvalue weighted by molar-refractivity contribution is 0.134. The van der Waals surface area contributed by atoms with Crippen LogP contribution >= 0.6 is 0 Å². The zero-order valence-electron chi connectivity index (χ0n) is 17.0. The normalized spacial score (nSPS) is 14.3. The van der Waals surface area contributed by atoms with Gasteiger partial charge in [-0.2, -0.15) is 0 Å². The first-order chi connectivity index (χ1) is 14.2. The molecular weight excluding hydrogens is 372 g/mol. The highest BCUT2D eigenvalue weighted by molar-refractivity contribution is 5.74. The van der Waals surface area contributed by atoms with E-state index in [1.807, 2.05) is 35.2 Å². The third-order valence-electron chi connectivity index (χ3n) is 4.76. The van der Waals surface area contributed by atoms with Gasteiger partial charge in [0.1, 0.15) is 23.9 Å². The van der Waals surface area contributed by atoms with Gasteiger partial charge in [-0.3, -0.25) is 9.88 Å². The smallest absolute Gasteiger partial charge is 0.317 e. The van der Waals surface area contributed by atoms with Crippen molar-refractivity contribution in [1.29, 1.82) is 0 Å². The van der Waals surface area contributed by atoms with Gasteiger partial charge in [0, 0.05) is 45.0 Å². The maximum absolute atomic E-state index is 12.3. The van der Waals surface area contributed by atoms with Crippen LogP contribution in [0.2, 0.25) is 0 Å². The van der Waals surface area contributed by atoms with Gasteiger partial charge in [-0.1, -0.05) is 0 Å². The Kier molecular flexibility index (Phi) is 7.52. The molecule has 0 unspecified atom stereocenters. The van der Waals surface area contributed by atoms with Crippen LogP contribution < -0.4 is 19.5 Å². The van der Waals surface area contributed by atoms with Crippen molar-refractivity contribution in [2.75, 3.05) is 53.6 Å². The Morgan fingerprint density at radius 3 is 2.41 bits per heavy atom. The molecule has 1 aliphatic rings. The summed E-state index contributed by atoms with van der Waals surface area (Å²) in [5.41, 5.74) is 1.13. The summed E-state index contributed by atoms with van der Waals surface area (Å²) in [5.74, 6) is 2.27. The number of nitrogens with zero attached hydrogens (tertiary/aromatic N) is 3. The summed E-state index contributed by atoms with van der Waals surface area (Å²) in [6.45, 7) is 4.68. The SMILES string of the molecule is COc1cc(CN2CCN(C(=O)NCCOc3cccnc3)CC2)cc(OC)c1. The van der Waals surface area contributed by atoms with Crippen molar-refractivity contribution < 1.29 is 19.0 Å². The molecule has 3 rings (SSSR count). The number of methoxy groups -OCH3 is 2. The monoisotopic (exact) mass is 400 g/mol. The third-order valence-corrected chi connectivity index (χ3v) is 4.76. The van der Waals surface area contributed by atoms with Crippen molar-refractivity contribution >= 4 is 6.03 Å². The summed E-state index contributed by atoms with van der Waals surface area (Å²) in [6.07, 6.45) is 3.35. The van der Waals surface area contributed by atoms with Crippen molar-refractivity contribution in [3.05, 3.63) is 48.3 Å². The lowest BCUT2D eigenvalue weighted by Gasteiger charge is -2.34. The van der Waals surface area contributed by atoms with Gasteiger partial charge in [-0.15, -0.1) is 0 Å². The molecule has 0 spiro atoms. The predicted octanol–water partition coefficient (Wildman–Crippen LogP) is 2.00. The molecule has 0 saturated carbocycles. The number of carbonyl (C=O) groups is 1. The molecule has 2 heterocycles. The average Bonchev–Trinajstić information content (AvgIpc) is 2.77. The summed E-state index contributed by atoms with van der Waals surface area (Å²) in [4.78, 5) is 20.5. The molecule has 8 nitrogen and oxygen atoms in total. The fraction of sp³-hybridized carbons (Fsp3) is 0.429. The number of carbonyl (C=O) groups excluding carboxylic acids is 1. The largest absolute Gasteiger partial charge is 0.497 e. The molecule has 29 heavy (non-hydrogen) atoms. The number of benzene rings is 1. The molecule has 0 radical (unpaired) electrons. The molecular formula is C21H28N4O4. The molecule has 0 bridgehead atoms. The van der Waals surface area contributed by atoms with Crippen molar-refractivity contribution in [3.8, 4) is 17.2 Å². The standard InChI is InChI=1S/C21H28N4O4/c1-27-19-12-17(13-20(14-19)28-2)16-24-7-9-25(10-8-24)21(26)23-6-11-29-18-4-3-5-22-15-18/h3-5,12-15H,6-11,16H2,1-2H3,(H,23,26). The van der Waals surface area contributed by atoms with Crippen molar-refractivity contribution in [3.63, 3.8) is 0 Å². The Labute approximate surface area is 171 Å². The van der Waals surface area contributed by atoms with Crippen LogP contribution in [0.5, 0.6) is 17.2 Å². The number of amides is 2. The Morgan fingerprint density at radius 1 is 1.07 bits per heavy atom. The van der Waals surface area contributed by atoms with Crippen LogP contribution in [0.4, 0.5) is 4.79 Å². The summed E-state index contributed by atoms with van der Waals surface area (Å²) in [7, 11) is 3.30. The van der Waals surface area contributed by atoms with Crippen molar-refractivity contribution in [2.45, 2.75) is 6.54 Å². The van der Waals surface area contributed by atoms with Gasteiger partial charge < -0.3 is 24.4 Å². The summed E-state index contributed by atoms with van der Waals surface area (Å²) in [5, 5.41) is 2.91. The number of rotatable bonds is 8. The molecule has 1 fully saturated rings. The van der Waals surface area contributed by atoms with Gasteiger partial charge in [0.25, 0.3) is 0 Å². The van der Waals surface area contributed by atoms with Gasteiger partial charge in [0.2, 0.25) is 0 Å². The molecule has 1 saturated heterocycles. The molecule has 1 aromatic heterocycles. The molecule has 2 amide bonds. The van der Waals surface area contributed by atoms with E-state index in [2.05, 4.69) is 15.2 Å². The summed E-state index contributed by atoms with van der Waals surface area (Å²) >= 11 is 0. The van der Waals surface area contributed by atoms with Crippen LogP contribution in [-0.4, -0.2) is 74.4 Å². The van der Waals surface area contributed by atoms with E-state index in [4.69, 9.17) is 14.2 Å². The molecule has 1 aliphatic heterocycles. The number of pyridine rings is 1. The van der Waals surface area contributed by atoms with Crippen molar-refractivity contribution in [1.82, 2.24) is 20.1 Å². The minimum atomic E-state index is -0.0533. The van der Waals surface area contributed by atoms with E-state index in [0.29, 0.717) is 32.0 Å². The predicted molar refractivity (Wildman–Crippen MR) is 110 cm³/mol. The quantitative estimate of drug-likeness (QED) is 0.683. The molecule has 0 aliphatic carbocycles. The highest BCUT2D eigenvalue weighted by atomic mass is 16.5. The summed E-state index contributed by atoms with van der Waals surface area (Å²) < 4.78 is 16.2. The van der Waals surface area contributed by atoms with Gasteiger partial charge >= 0.3 is 6.03 Å². The topological polar surface area (TPSA) is 76.2 Å². The minimum absolute atomic E-state index is 0.0533. The highest BCUT2D eigenvalue weighted by Gasteiger charge is 2.21. The van der Waals surface area contributed by atoms with E-state index in [0.717, 1.165) is 36.7 Å². The van der Waals surface area contributed by atoms with Crippen LogP contribution in [0.1, 0.15) is 5.56 Å². The second kappa shape index (κ2) is 10.5. The van der Waals surface area contributed by atoms with Crippen LogP contribution in [0.25, 0.3) is 0 Å². The number of ether oxygens (including phenoxy) is 3. The second-order valence-corrected chi connectivity index (χ2v) is 6.75. The maximum Gasteiger partial charge on any atom is 0.317 e. The first-order valence-electron chi connectivity index (χ1n) is 9.68. The number of urea groups is 1. The Hall–Kier alpha value is -3.00. The number of nitrogens with one attached hydrogen (secondary N) is 1. The van der Waals surface area contributed by atoms with Crippen LogP contribution in [0.3, 0.4) is 0 Å². The molecule has 0 atom stereocenters. The Morgan fingerprint density at radius 2 is 1.79 bits per heavy atom. The van der Waals surface area contributed by atoms with Gasteiger partial charge in [0.15, 0.2) is 0 Å². The third kappa shape index (κ3) is 6.25. The molecule has 1 aromatic carbocycles. The van der Waals surface area contributed by atoms with E-state index >= 15 is 0 Å². The highest BCUT2D eigenvalue weighted by Crippen LogP contribution is 2.23. The molecule has 156 valence electrons. The number of aromatic nitrogens is 1. The minimum Gasteiger partial charge on any atom is -0.497 e. The first-order valence-corrected chi connectivity index (χ1v) is 9.68. The Bertz CT molecular complexity index is 757. The Balaban J connectivity index is 1.39. The van der Waals surface area contributed by atoms with Crippen molar-refractivity contribution in [2.24, 2.45) is 0 Å². The van der Waals surface area contributed by atoms with Gasteiger partial charge in [-0.25, -0.2) is 4.79 Å². The summed E-state index contributed by atoms with van der Waals surface area (Å²) in [6, 6.07) is 9.50. The lowest BCUT2D eigenvalue weighted by Crippen LogP contribution is -2.51. The fourth-order valence-corrected chi connectivity index (χ4v) is 3.20. The number of hydrogen-bond donors (Lipinski definition) is 1. The molecule has 1 N–H and O–H groups in total. The fourth-order valence-electron chi connectivity index (χ4n) is 3.20. The van der Waals surface area contributed by atoms with Crippen LogP contribution in [0, 0.1) is 0 Å². The van der Waals surface area contributed by atoms with E-state index in [1.165, 1.54) is 0 Å². The van der Waals surface area contributed by atoms with Crippen LogP contribution in [0.15, 0.2) is 42.7 Å². The number of piperazine rings is 1. The zero-order chi connectivity index (χ0) is 20.5. The van der Waals surface area contributed by atoms with Gasteiger partial charge in [-0.05, 0) is 29.8 Å². The molecule has 8 heteroatoms. The second-order valence-electron chi connectivity index (χ2n) is 6.75. The number of hydrogen-bond acceptors (Lipinski definition) is 6. The zero-order valence-corrected chi connectivity index (χ0v) is 17.0. The van der Waals surface area contributed by atoms with Gasteiger partial charge in [0.05, 0.1) is 27.0 Å². The van der Waals surface area contributed by atoms with Crippen LogP contribution in [-0.2, 0) is 6.54 Å². The van der Waals surface area contributed by atoms with E-state index < -0.39 is 0 Å². The molecule has 2 aromatic rings. The van der Waals surface area contributed by atoms with E-state index in [9.17, 15) is 4.79 Å².